The van der Waals surface area contributed by atoms with Crippen LogP contribution in [-0.4, -0.2) is 73.5 Å². The van der Waals surface area contributed by atoms with Gasteiger partial charge in [0.1, 0.15) is 30.0 Å². The van der Waals surface area contributed by atoms with Crippen molar-refractivity contribution in [3.05, 3.63) is 59.9 Å². The number of hydrogen-bond donors (Lipinski definition) is 1. The fourth-order valence-electron chi connectivity index (χ4n) is 5.33. The number of aliphatic hydroxyl groups excluding tert-OH is 1. The normalized spacial score (nSPS) is 24.8. The van der Waals surface area contributed by atoms with Crippen LogP contribution < -0.4 is 9.47 Å². The van der Waals surface area contributed by atoms with Crippen molar-refractivity contribution in [2.24, 2.45) is 0 Å². The summed E-state index contributed by atoms with van der Waals surface area (Å²) in [6, 6.07) is 16.9. The van der Waals surface area contributed by atoms with E-state index in [-0.39, 0.29) is 12.4 Å². The minimum atomic E-state index is -0.594. The van der Waals surface area contributed by atoms with E-state index >= 15 is 0 Å². The van der Waals surface area contributed by atoms with E-state index in [9.17, 15) is 14.8 Å². The molecule has 1 aliphatic carbocycles. The van der Waals surface area contributed by atoms with E-state index in [4.69, 9.17) is 9.47 Å². The minimum Gasteiger partial charge on any atom is -0.496 e. The first-order chi connectivity index (χ1) is 16.5. The standard InChI is InChI=1S/C27H34FN3O3/c1-33-26-5-3-2-4-25(26)27(20-29)12-10-22(11-13-27)31-16-14-30(15-17-31)18-23(32)19-34-24-8-6-21(28)7-9-24/h2-9,22-23,32H,10-19H2,1H3. The molecule has 0 radical (unpaired) electrons. The Labute approximate surface area is 201 Å². The largest absolute Gasteiger partial charge is 0.496 e. The summed E-state index contributed by atoms with van der Waals surface area (Å²) >= 11 is 0. The molecule has 0 spiro atoms. The molecule has 4 rings (SSSR count). The van der Waals surface area contributed by atoms with Crippen molar-refractivity contribution in [2.45, 2.75) is 43.2 Å². The van der Waals surface area contributed by atoms with Gasteiger partial charge in [-0.15, -0.1) is 0 Å². The zero-order chi connectivity index (χ0) is 24.0. The van der Waals surface area contributed by atoms with E-state index in [0.29, 0.717) is 18.3 Å². The molecule has 0 aromatic heterocycles. The van der Waals surface area contributed by atoms with Gasteiger partial charge in [0.2, 0.25) is 0 Å². The van der Waals surface area contributed by atoms with E-state index < -0.39 is 11.5 Å². The maximum absolute atomic E-state index is 13.0. The smallest absolute Gasteiger partial charge is 0.123 e. The molecular weight excluding hydrogens is 433 g/mol. The Kier molecular flexibility index (Phi) is 8.04. The molecule has 2 aromatic rings. The summed E-state index contributed by atoms with van der Waals surface area (Å²) in [7, 11) is 1.67. The van der Waals surface area contributed by atoms with Crippen LogP contribution in [0, 0.1) is 17.1 Å². The lowest BCUT2D eigenvalue weighted by Crippen LogP contribution is -2.53. The van der Waals surface area contributed by atoms with Gasteiger partial charge in [-0.2, -0.15) is 5.26 Å². The molecule has 1 heterocycles. The van der Waals surface area contributed by atoms with Crippen molar-refractivity contribution >= 4 is 0 Å². The van der Waals surface area contributed by atoms with E-state index in [2.05, 4.69) is 15.9 Å². The molecule has 2 fully saturated rings. The molecule has 1 unspecified atom stereocenters. The molecule has 0 amide bonds. The molecule has 6 nitrogen and oxygen atoms in total. The highest BCUT2D eigenvalue weighted by Crippen LogP contribution is 2.43. The summed E-state index contributed by atoms with van der Waals surface area (Å²) in [4.78, 5) is 4.81. The topological polar surface area (TPSA) is 69.0 Å². The molecule has 1 aliphatic heterocycles. The Morgan fingerprint density at radius 3 is 2.41 bits per heavy atom. The number of aliphatic hydroxyl groups is 1. The maximum atomic E-state index is 13.0. The average Bonchev–Trinajstić information content (AvgIpc) is 2.89. The van der Waals surface area contributed by atoms with Gasteiger partial charge >= 0.3 is 0 Å². The van der Waals surface area contributed by atoms with Crippen molar-refractivity contribution in [1.82, 2.24) is 9.80 Å². The van der Waals surface area contributed by atoms with Crippen LogP contribution in [0.2, 0.25) is 0 Å². The molecular formula is C27H34FN3O3. The third-order valence-electron chi connectivity index (χ3n) is 7.29. The lowest BCUT2D eigenvalue weighted by atomic mass is 9.68. The summed E-state index contributed by atoms with van der Waals surface area (Å²) in [5.74, 6) is 1.06. The number of ether oxygens (including phenoxy) is 2. The SMILES string of the molecule is COc1ccccc1C1(C#N)CCC(N2CCN(CC(O)COc3ccc(F)cc3)CC2)CC1. The fraction of sp³-hybridized carbons (Fsp3) is 0.519. The third-order valence-corrected chi connectivity index (χ3v) is 7.29. The van der Waals surface area contributed by atoms with Crippen molar-refractivity contribution in [3.63, 3.8) is 0 Å². The van der Waals surface area contributed by atoms with Gasteiger partial charge in [0.05, 0.1) is 18.6 Å². The highest BCUT2D eigenvalue weighted by atomic mass is 19.1. The van der Waals surface area contributed by atoms with Crippen molar-refractivity contribution < 1.29 is 19.0 Å². The first-order valence-electron chi connectivity index (χ1n) is 12.1. The summed E-state index contributed by atoms with van der Waals surface area (Å²) in [5, 5.41) is 20.5. The van der Waals surface area contributed by atoms with Crippen molar-refractivity contribution in [2.75, 3.05) is 46.4 Å². The van der Waals surface area contributed by atoms with Crippen LogP contribution in [0.5, 0.6) is 11.5 Å². The number of piperazine rings is 1. The lowest BCUT2D eigenvalue weighted by molar-refractivity contribution is 0.0285. The Bertz CT molecular complexity index is 962. The van der Waals surface area contributed by atoms with Gasteiger partial charge < -0.3 is 14.6 Å². The highest BCUT2D eigenvalue weighted by molar-refractivity contribution is 5.44. The lowest BCUT2D eigenvalue weighted by Gasteiger charge is -2.44. The number of halogens is 1. The number of rotatable bonds is 8. The summed E-state index contributed by atoms with van der Waals surface area (Å²) in [6.45, 7) is 4.48. The first-order valence-corrected chi connectivity index (χ1v) is 12.1. The number of benzene rings is 2. The van der Waals surface area contributed by atoms with Crippen LogP contribution in [0.3, 0.4) is 0 Å². The fourth-order valence-corrected chi connectivity index (χ4v) is 5.33. The van der Waals surface area contributed by atoms with Gasteiger partial charge in [-0.1, -0.05) is 18.2 Å². The molecule has 34 heavy (non-hydrogen) atoms. The predicted octanol–water partition coefficient (Wildman–Crippen LogP) is 3.60. The van der Waals surface area contributed by atoms with E-state index in [1.165, 1.54) is 12.1 Å². The molecule has 7 heteroatoms. The number of para-hydroxylation sites is 1. The molecule has 182 valence electrons. The van der Waals surface area contributed by atoms with Crippen LogP contribution >= 0.6 is 0 Å². The van der Waals surface area contributed by atoms with Crippen LogP contribution in [0.1, 0.15) is 31.2 Å². The van der Waals surface area contributed by atoms with E-state index in [1.807, 2.05) is 24.3 Å². The molecule has 0 bridgehead atoms. The Balaban J connectivity index is 1.23. The van der Waals surface area contributed by atoms with Gasteiger partial charge in [-0.3, -0.25) is 9.80 Å². The average molecular weight is 468 g/mol. The van der Waals surface area contributed by atoms with Crippen LogP contribution in [0.15, 0.2) is 48.5 Å². The second-order valence-corrected chi connectivity index (χ2v) is 9.38. The Morgan fingerprint density at radius 2 is 1.76 bits per heavy atom. The molecule has 1 N–H and O–H groups in total. The van der Waals surface area contributed by atoms with E-state index in [1.54, 1.807) is 19.2 Å². The van der Waals surface area contributed by atoms with Gasteiger partial charge in [-0.05, 0) is 56.0 Å². The minimum absolute atomic E-state index is 0.188. The number of β-amino-alcohol motifs (C(OH)–C–C–N with tert-alkyl or cyclic N) is 1. The third kappa shape index (κ3) is 5.69. The number of nitrogens with zero attached hydrogens (tertiary/aromatic N) is 3. The Hall–Kier alpha value is -2.66. The number of nitriles is 1. The summed E-state index contributed by atoms with van der Waals surface area (Å²) < 4.78 is 24.1. The van der Waals surface area contributed by atoms with Crippen LogP contribution in [-0.2, 0) is 5.41 Å². The number of methoxy groups -OCH3 is 1. The second kappa shape index (κ2) is 11.2. The monoisotopic (exact) mass is 467 g/mol. The zero-order valence-corrected chi connectivity index (χ0v) is 19.8. The highest BCUT2D eigenvalue weighted by Gasteiger charge is 2.40. The van der Waals surface area contributed by atoms with E-state index in [0.717, 1.165) is 63.2 Å². The quantitative estimate of drug-likeness (QED) is 0.640. The van der Waals surface area contributed by atoms with Gasteiger partial charge in [-0.25, -0.2) is 4.39 Å². The van der Waals surface area contributed by atoms with Crippen LogP contribution in [0.25, 0.3) is 0 Å². The molecule has 1 atom stereocenters. The van der Waals surface area contributed by atoms with Crippen molar-refractivity contribution in [3.8, 4) is 17.6 Å². The van der Waals surface area contributed by atoms with Gasteiger partial charge in [0.25, 0.3) is 0 Å². The summed E-state index contributed by atoms with van der Waals surface area (Å²) in [5.41, 5.74) is 0.541. The number of hydrogen-bond acceptors (Lipinski definition) is 6. The molecule has 2 aromatic carbocycles. The Morgan fingerprint density at radius 1 is 1.09 bits per heavy atom. The van der Waals surface area contributed by atoms with Crippen LogP contribution in [0.4, 0.5) is 4.39 Å². The summed E-state index contributed by atoms with van der Waals surface area (Å²) in [6.07, 6.45) is 3.09. The van der Waals surface area contributed by atoms with Gasteiger partial charge in [0, 0.05) is 44.3 Å². The predicted molar refractivity (Wildman–Crippen MR) is 128 cm³/mol. The zero-order valence-electron chi connectivity index (χ0n) is 19.8. The first kappa shape index (κ1) is 24.5. The molecule has 2 aliphatic rings. The van der Waals surface area contributed by atoms with Crippen molar-refractivity contribution in [1.29, 1.82) is 5.26 Å². The second-order valence-electron chi connectivity index (χ2n) is 9.38. The maximum Gasteiger partial charge on any atom is 0.123 e. The van der Waals surface area contributed by atoms with Gasteiger partial charge in [0.15, 0.2) is 0 Å². The molecule has 1 saturated heterocycles. The molecule has 1 saturated carbocycles.